The largest absolute Gasteiger partial charge is 0.496 e. The van der Waals surface area contributed by atoms with Crippen molar-refractivity contribution in [3.05, 3.63) is 83.9 Å². The number of carbonyl (C=O) groups excluding carboxylic acids is 2. The molecule has 0 amide bonds. The lowest BCUT2D eigenvalue weighted by atomic mass is 10.1. The zero-order valence-corrected chi connectivity index (χ0v) is 24.0. The van der Waals surface area contributed by atoms with Crippen LogP contribution in [0.4, 0.5) is 0 Å². The van der Waals surface area contributed by atoms with Gasteiger partial charge >= 0.3 is 11.9 Å². The van der Waals surface area contributed by atoms with Gasteiger partial charge in [-0.25, -0.2) is 9.59 Å². The van der Waals surface area contributed by atoms with Crippen LogP contribution in [0.25, 0.3) is 11.1 Å². The van der Waals surface area contributed by atoms with Crippen molar-refractivity contribution in [2.75, 3.05) is 42.7 Å². The van der Waals surface area contributed by atoms with Crippen molar-refractivity contribution in [2.45, 2.75) is 0 Å². The van der Waals surface area contributed by atoms with E-state index in [1.165, 1.54) is 42.7 Å². The van der Waals surface area contributed by atoms with E-state index >= 15 is 0 Å². The van der Waals surface area contributed by atoms with Gasteiger partial charge in [-0.3, -0.25) is 0 Å². The van der Waals surface area contributed by atoms with Crippen LogP contribution in [-0.2, 0) is 0 Å². The van der Waals surface area contributed by atoms with Crippen LogP contribution in [0.2, 0.25) is 0 Å². The van der Waals surface area contributed by atoms with Crippen LogP contribution in [-0.4, -0.2) is 54.6 Å². The SMILES string of the molecule is COc1cc(OC)c(C(=O)Oc2ccc(-c3ccc(OC(=O)c4c(OC)cc(OC)cc4OC)cc3)cc2)c(OC)c1. The molecule has 0 atom stereocenters. The molecule has 10 nitrogen and oxygen atoms in total. The van der Waals surface area contributed by atoms with Gasteiger partial charge in [0.1, 0.15) is 57.1 Å². The summed E-state index contributed by atoms with van der Waals surface area (Å²) in [6.45, 7) is 0. The number of ether oxygens (including phenoxy) is 8. The molecule has 218 valence electrons. The number of esters is 2. The first kappa shape index (κ1) is 29.6. The van der Waals surface area contributed by atoms with Crippen LogP contribution >= 0.6 is 0 Å². The summed E-state index contributed by atoms with van der Waals surface area (Å²) >= 11 is 0. The molecule has 0 N–H and O–H groups in total. The molecule has 0 bridgehead atoms. The summed E-state index contributed by atoms with van der Waals surface area (Å²) in [6, 6.07) is 20.2. The normalized spacial score (nSPS) is 10.3. The molecular weight excluding hydrogens is 544 g/mol. The lowest BCUT2D eigenvalue weighted by Crippen LogP contribution is -2.12. The molecule has 0 unspecified atom stereocenters. The lowest BCUT2D eigenvalue weighted by molar-refractivity contribution is 0.0717. The Hall–Kier alpha value is -5.38. The third kappa shape index (κ3) is 6.33. The minimum atomic E-state index is -0.643. The summed E-state index contributed by atoms with van der Waals surface area (Å²) in [4.78, 5) is 26.0. The highest BCUT2D eigenvalue weighted by Crippen LogP contribution is 2.36. The van der Waals surface area contributed by atoms with Crippen molar-refractivity contribution >= 4 is 11.9 Å². The Kier molecular flexibility index (Phi) is 9.39. The maximum absolute atomic E-state index is 13.0. The molecule has 0 saturated heterocycles. The summed E-state index contributed by atoms with van der Waals surface area (Å²) in [7, 11) is 8.78. The summed E-state index contributed by atoms with van der Waals surface area (Å²) in [5.74, 6) is 1.38. The molecular formula is C32H30O10. The van der Waals surface area contributed by atoms with Crippen LogP contribution in [0.3, 0.4) is 0 Å². The molecule has 0 aliphatic heterocycles. The number of carbonyl (C=O) groups is 2. The van der Waals surface area contributed by atoms with Gasteiger partial charge in [0.15, 0.2) is 0 Å². The van der Waals surface area contributed by atoms with E-state index in [4.69, 9.17) is 37.9 Å². The fraction of sp³-hybridized carbons (Fsp3) is 0.188. The second-order valence-electron chi connectivity index (χ2n) is 8.64. The van der Waals surface area contributed by atoms with Gasteiger partial charge in [0.2, 0.25) is 0 Å². The van der Waals surface area contributed by atoms with E-state index in [1.807, 2.05) is 0 Å². The Morgan fingerprint density at radius 1 is 0.405 bits per heavy atom. The van der Waals surface area contributed by atoms with Gasteiger partial charge in [-0.15, -0.1) is 0 Å². The summed E-state index contributed by atoms with van der Waals surface area (Å²) < 4.78 is 43.0. The van der Waals surface area contributed by atoms with Gasteiger partial charge in [-0.2, -0.15) is 0 Å². The Bertz CT molecular complexity index is 1390. The molecule has 0 aliphatic carbocycles. The third-order valence-corrected chi connectivity index (χ3v) is 6.30. The molecule has 0 fully saturated rings. The van der Waals surface area contributed by atoms with E-state index in [0.717, 1.165) is 11.1 Å². The van der Waals surface area contributed by atoms with Crippen LogP contribution in [0.5, 0.6) is 46.0 Å². The third-order valence-electron chi connectivity index (χ3n) is 6.30. The fourth-order valence-corrected chi connectivity index (χ4v) is 4.16. The van der Waals surface area contributed by atoms with Crippen LogP contribution in [0.1, 0.15) is 20.7 Å². The smallest absolute Gasteiger partial charge is 0.351 e. The fourth-order valence-electron chi connectivity index (χ4n) is 4.16. The first-order valence-corrected chi connectivity index (χ1v) is 12.6. The van der Waals surface area contributed by atoms with Crippen LogP contribution < -0.4 is 37.9 Å². The predicted octanol–water partition coefficient (Wildman–Crippen LogP) is 5.84. The van der Waals surface area contributed by atoms with Crippen LogP contribution in [0, 0.1) is 0 Å². The Labute approximate surface area is 243 Å². The van der Waals surface area contributed by atoms with Crippen LogP contribution in [0.15, 0.2) is 72.8 Å². The molecule has 0 saturated carbocycles. The average Bonchev–Trinajstić information content (AvgIpc) is 3.03. The Morgan fingerprint density at radius 2 is 0.690 bits per heavy atom. The molecule has 4 rings (SSSR count). The lowest BCUT2D eigenvalue weighted by Gasteiger charge is -2.14. The Balaban J connectivity index is 1.47. The standard InChI is InChI=1S/C32H30O10/c1-35-23-15-25(37-3)29(26(16-23)38-4)31(33)41-21-11-7-19(8-12-21)20-9-13-22(14-10-20)42-32(34)30-27(39-5)17-24(36-2)18-28(30)40-6/h7-18H,1-6H3. The molecule has 0 aromatic heterocycles. The van der Waals surface area contributed by atoms with Crippen molar-refractivity contribution in [2.24, 2.45) is 0 Å². The van der Waals surface area contributed by atoms with Crippen molar-refractivity contribution in [3.63, 3.8) is 0 Å². The molecule has 0 aliphatic rings. The summed E-state index contributed by atoms with van der Waals surface area (Å²) in [5, 5.41) is 0. The van der Waals surface area contributed by atoms with Gasteiger partial charge in [-0.05, 0) is 35.4 Å². The quantitative estimate of drug-likeness (QED) is 0.160. The van der Waals surface area contributed by atoms with Gasteiger partial charge in [-0.1, -0.05) is 24.3 Å². The zero-order chi connectivity index (χ0) is 30.2. The maximum Gasteiger partial charge on any atom is 0.351 e. The molecule has 4 aromatic rings. The number of methoxy groups -OCH3 is 6. The minimum absolute atomic E-state index is 0.139. The second-order valence-corrected chi connectivity index (χ2v) is 8.64. The Morgan fingerprint density at radius 3 is 0.929 bits per heavy atom. The molecule has 0 spiro atoms. The minimum Gasteiger partial charge on any atom is -0.496 e. The molecule has 42 heavy (non-hydrogen) atoms. The van der Waals surface area contributed by atoms with Gasteiger partial charge in [0.05, 0.1) is 42.7 Å². The van der Waals surface area contributed by atoms with Gasteiger partial charge in [0, 0.05) is 24.3 Å². The molecule has 10 heteroatoms. The van der Waals surface area contributed by atoms with E-state index in [2.05, 4.69) is 0 Å². The van der Waals surface area contributed by atoms with E-state index < -0.39 is 11.9 Å². The first-order valence-electron chi connectivity index (χ1n) is 12.6. The van der Waals surface area contributed by atoms with E-state index in [9.17, 15) is 9.59 Å². The molecule has 0 radical (unpaired) electrons. The van der Waals surface area contributed by atoms with Crippen molar-refractivity contribution < 1.29 is 47.5 Å². The summed E-state index contributed by atoms with van der Waals surface area (Å²) in [6.07, 6.45) is 0. The monoisotopic (exact) mass is 574 g/mol. The predicted molar refractivity (Wildman–Crippen MR) is 154 cm³/mol. The highest BCUT2D eigenvalue weighted by atomic mass is 16.5. The number of benzene rings is 4. The average molecular weight is 575 g/mol. The topological polar surface area (TPSA) is 108 Å². The first-order chi connectivity index (χ1) is 20.3. The van der Waals surface area contributed by atoms with Crippen molar-refractivity contribution in [3.8, 4) is 57.1 Å². The molecule has 0 heterocycles. The van der Waals surface area contributed by atoms with Crippen molar-refractivity contribution in [1.29, 1.82) is 0 Å². The van der Waals surface area contributed by atoms with E-state index in [1.54, 1.807) is 72.8 Å². The number of rotatable bonds is 11. The summed E-state index contributed by atoms with van der Waals surface area (Å²) in [5.41, 5.74) is 1.98. The highest BCUT2D eigenvalue weighted by molar-refractivity contribution is 5.98. The maximum atomic E-state index is 13.0. The molecule has 4 aromatic carbocycles. The van der Waals surface area contributed by atoms with Crippen molar-refractivity contribution in [1.82, 2.24) is 0 Å². The number of hydrogen-bond donors (Lipinski definition) is 0. The number of hydrogen-bond acceptors (Lipinski definition) is 10. The van der Waals surface area contributed by atoms with E-state index in [-0.39, 0.29) is 34.1 Å². The highest BCUT2D eigenvalue weighted by Gasteiger charge is 2.24. The van der Waals surface area contributed by atoms with Gasteiger partial charge < -0.3 is 37.9 Å². The zero-order valence-electron chi connectivity index (χ0n) is 24.0. The second kappa shape index (κ2) is 13.3. The van der Waals surface area contributed by atoms with Gasteiger partial charge in [0.25, 0.3) is 0 Å². The van der Waals surface area contributed by atoms with E-state index in [0.29, 0.717) is 23.0 Å².